The summed E-state index contributed by atoms with van der Waals surface area (Å²) in [7, 11) is 0. The maximum atomic E-state index is 3.41. The van der Waals surface area contributed by atoms with Crippen LogP contribution in [0.2, 0.25) is 0 Å². The van der Waals surface area contributed by atoms with Crippen LogP contribution in [0.3, 0.4) is 0 Å². The summed E-state index contributed by atoms with van der Waals surface area (Å²) in [6.07, 6.45) is 4.09. The monoisotopic (exact) mass is 101 g/mol. The van der Waals surface area contributed by atoms with Gasteiger partial charge < -0.3 is 5.32 Å². The molecule has 0 aromatic carbocycles. The average molecular weight is 101 g/mol. The largest absolute Gasteiger partial charge is 0.314 e. The van der Waals surface area contributed by atoms with Gasteiger partial charge in [-0.05, 0) is 25.8 Å². The summed E-state index contributed by atoms with van der Waals surface area (Å²) >= 11 is 0. The number of hydrogen-bond acceptors (Lipinski definition) is 1. The first-order chi connectivity index (χ1) is 3.43. The van der Waals surface area contributed by atoms with E-state index in [4.69, 9.17) is 0 Å². The fraction of sp³-hybridized carbons (Fsp3) is 1.00. The molecular formula is C6H15N. The molecule has 0 aromatic heterocycles. The summed E-state index contributed by atoms with van der Waals surface area (Å²) < 4.78 is 0. The Labute approximate surface area is 46.6 Å². The van der Waals surface area contributed by atoms with Gasteiger partial charge in [-0.1, -0.05) is 6.92 Å². The summed E-state index contributed by atoms with van der Waals surface area (Å²) in [6.45, 7) is 3.49. The zero-order valence-corrected chi connectivity index (χ0v) is 4.91. The van der Waals surface area contributed by atoms with Gasteiger partial charge in [-0.2, -0.15) is 0 Å². The van der Waals surface area contributed by atoms with Crippen molar-refractivity contribution in [2.75, 3.05) is 6.54 Å². The van der Waals surface area contributed by atoms with Gasteiger partial charge >= 0.3 is 0 Å². The van der Waals surface area contributed by atoms with Crippen LogP contribution in [0, 0.1) is 0 Å². The molecule has 0 bridgehead atoms. The van der Waals surface area contributed by atoms with E-state index in [9.17, 15) is 0 Å². The predicted octanol–water partition coefficient (Wildman–Crippen LogP) is 1.39. The molecule has 0 radical (unpaired) electrons. The molecule has 1 N–H and O–H groups in total. The van der Waals surface area contributed by atoms with E-state index in [2.05, 4.69) is 12.2 Å². The number of hydrogen-bond donors (Lipinski definition) is 1. The Kier molecular flexibility index (Phi) is 1.69. The third-order valence-electron chi connectivity index (χ3n) is 1.66. The van der Waals surface area contributed by atoms with Gasteiger partial charge in [0.2, 0.25) is 0 Å². The molecule has 0 spiro atoms. The number of nitrogens with one attached hydrogen (secondary N) is 1. The van der Waals surface area contributed by atoms with Crippen molar-refractivity contribution in [2.24, 2.45) is 0 Å². The lowest BCUT2D eigenvalue weighted by molar-refractivity contribution is 0.587. The van der Waals surface area contributed by atoms with Gasteiger partial charge in [0.1, 0.15) is 0 Å². The molecule has 0 unspecified atom stereocenters. The molecule has 1 fully saturated rings. The lowest BCUT2D eigenvalue weighted by atomic mass is 10.2. The van der Waals surface area contributed by atoms with Gasteiger partial charge in [0.25, 0.3) is 0 Å². The molecule has 0 saturated carbocycles. The Bertz CT molecular complexity index is 50.5. The van der Waals surface area contributed by atoms with E-state index >= 15 is 0 Å². The van der Waals surface area contributed by atoms with Crippen molar-refractivity contribution in [3.05, 3.63) is 0 Å². The second-order valence-electron chi connectivity index (χ2n) is 2.20. The minimum absolute atomic E-state index is 0. The van der Waals surface area contributed by atoms with E-state index < -0.39 is 0 Å². The molecule has 1 atom stereocenters. The van der Waals surface area contributed by atoms with Gasteiger partial charge in [0.15, 0.2) is 0 Å². The average Bonchev–Trinajstić information content (AvgIpc) is 2.14. The standard InChI is InChI=1S/C6H13N.H2/c1-2-6-4-3-5-7-6;/h6-7H,2-5H2,1H3;1H/t6-;/m0./s1. The zero-order chi connectivity index (χ0) is 5.11. The van der Waals surface area contributed by atoms with E-state index in [0.717, 1.165) is 6.04 Å². The van der Waals surface area contributed by atoms with Gasteiger partial charge in [0, 0.05) is 7.47 Å². The molecule has 0 aliphatic carbocycles. The van der Waals surface area contributed by atoms with E-state index in [1.807, 2.05) is 0 Å². The number of rotatable bonds is 1. The fourth-order valence-corrected chi connectivity index (χ4v) is 1.11. The fourth-order valence-electron chi connectivity index (χ4n) is 1.11. The lowest BCUT2D eigenvalue weighted by Gasteiger charge is -2.02. The molecule has 1 saturated heterocycles. The molecule has 1 aliphatic rings. The van der Waals surface area contributed by atoms with Crippen LogP contribution >= 0.6 is 0 Å². The maximum Gasteiger partial charge on any atom is 0.00649 e. The molecule has 7 heavy (non-hydrogen) atoms. The van der Waals surface area contributed by atoms with E-state index in [0.29, 0.717) is 0 Å². The summed E-state index contributed by atoms with van der Waals surface area (Å²) in [6, 6.07) is 0.847. The van der Waals surface area contributed by atoms with Crippen LogP contribution < -0.4 is 5.32 Å². The Hall–Kier alpha value is -0.0400. The summed E-state index contributed by atoms with van der Waals surface area (Å²) in [5.74, 6) is 0. The van der Waals surface area contributed by atoms with Crippen molar-refractivity contribution >= 4 is 0 Å². The van der Waals surface area contributed by atoms with Crippen molar-refractivity contribution in [1.82, 2.24) is 5.32 Å². The normalized spacial score (nSPS) is 31.3. The summed E-state index contributed by atoms with van der Waals surface area (Å²) in [5, 5.41) is 3.41. The first-order valence-corrected chi connectivity index (χ1v) is 3.17. The quantitative estimate of drug-likeness (QED) is 0.526. The Balaban J connectivity index is 0.000000490. The second-order valence-corrected chi connectivity index (χ2v) is 2.20. The van der Waals surface area contributed by atoms with Crippen LogP contribution in [0.5, 0.6) is 0 Å². The lowest BCUT2D eigenvalue weighted by Crippen LogP contribution is -2.19. The third kappa shape index (κ3) is 1.16. The highest BCUT2D eigenvalue weighted by Crippen LogP contribution is 2.06. The molecule has 1 nitrogen and oxygen atoms in total. The van der Waals surface area contributed by atoms with Crippen LogP contribution in [0.1, 0.15) is 27.6 Å². The molecular weight excluding hydrogens is 86.1 g/mol. The van der Waals surface area contributed by atoms with E-state index in [-0.39, 0.29) is 1.43 Å². The third-order valence-corrected chi connectivity index (χ3v) is 1.66. The highest BCUT2D eigenvalue weighted by molar-refractivity contribution is 4.71. The highest BCUT2D eigenvalue weighted by Gasteiger charge is 2.09. The highest BCUT2D eigenvalue weighted by atomic mass is 14.9. The Morgan fingerprint density at radius 2 is 2.71 bits per heavy atom. The van der Waals surface area contributed by atoms with E-state index in [1.165, 1.54) is 25.8 Å². The predicted molar refractivity (Wildman–Crippen MR) is 33.4 cm³/mol. The maximum absolute atomic E-state index is 3.41. The van der Waals surface area contributed by atoms with Gasteiger partial charge in [0.05, 0.1) is 0 Å². The van der Waals surface area contributed by atoms with Gasteiger partial charge in [-0.25, -0.2) is 0 Å². The molecule has 0 amide bonds. The van der Waals surface area contributed by atoms with Crippen LogP contribution in [-0.4, -0.2) is 12.6 Å². The first kappa shape index (κ1) is 5.10. The second kappa shape index (κ2) is 2.31. The van der Waals surface area contributed by atoms with Crippen LogP contribution in [0.4, 0.5) is 0 Å². The first-order valence-electron chi connectivity index (χ1n) is 3.17. The van der Waals surface area contributed by atoms with Crippen molar-refractivity contribution in [1.29, 1.82) is 0 Å². The SMILES string of the molecule is CC[C@H]1CCCN1.[HH]. The molecule has 0 aromatic rings. The molecule has 1 heterocycles. The molecule has 1 heteroatoms. The van der Waals surface area contributed by atoms with Crippen molar-refractivity contribution < 1.29 is 1.43 Å². The summed E-state index contributed by atoms with van der Waals surface area (Å²) in [5.41, 5.74) is 0. The smallest absolute Gasteiger partial charge is 0.00649 e. The Morgan fingerprint density at radius 1 is 1.86 bits per heavy atom. The molecule has 44 valence electrons. The van der Waals surface area contributed by atoms with Crippen molar-refractivity contribution in [3.8, 4) is 0 Å². The van der Waals surface area contributed by atoms with Crippen molar-refractivity contribution in [2.45, 2.75) is 32.2 Å². The van der Waals surface area contributed by atoms with Gasteiger partial charge in [-0.3, -0.25) is 0 Å². The van der Waals surface area contributed by atoms with Crippen LogP contribution in [0.25, 0.3) is 0 Å². The summed E-state index contributed by atoms with van der Waals surface area (Å²) in [4.78, 5) is 0. The van der Waals surface area contributed by atoms with E-state index in [1.54, 1.807) is 0 Å². The van der Waals surface area contributed by atoms with Crippen LogP contribution in [0.15, 0.2) is 0 Å². The van der Waals surface area contributed by atoms with Gasteiger partial charge in [-0.15, -0.1) is 0 Å². The van der Waals surface area contributed by atoms with Crippen molar-refractivity contribution in [3.63, 3.8) is 0 Å². The molecule has 1 rings (SSSR count). The molecule has 1 aliphatic heterocycles. The minimum Gasteiger partial charge on any atom is -0.314 e. The minimum atomic E-state index is 0. The zero-order valence-electron chi connectivity index (χ0n) is 4.91. The Morgan fingerprint density at radius 3 is 3.00 bits per heavy atom. The topological polar surface area (TPSA) is 12.0 Å². The van der Waals surface area contributed by atoms with Crippen LogP contribution in [-0.2, 0) is 0 Å².